The van der Waals surface area contributed by atoms with E-state index >= 15 is 0 Å². The Morgan fingerprint density at radius 2 is 2.00 bits per heavy atom. The number of sulfonamides is 1. The van der Waals surface area contributed by atoms with E-state index in [9.17, 15) is 18.0 Å². The Balaban J connectivity index is 4.52. The number of unbranched alkanes of at least 4 members (excludes halogenated alkanes) is 1. The molecule has 8 heteroatoms. The normalized spacial score (nSPS) is 13.1. The molecule has 0 aromatic carbocycles. The van der Waals surface area contributed by atoms with E-state index in [2.05, 4.69) is 4.74 Å². The van der Waals surface area contributed by atoms with Crippen LogP contribution in [0.4, 0.5) is 0 Å². The van der Waals surface area contributed by atoms with Crippen molar-refractivity contribution in [1.82, 2.24) is 4.72 Å². The Hall–Kier alpha value is -1.15. The van der Waals surface area contributed by atoms with Gasteiger partial charge in [-0.15, -0.1) is 0 Å². The van der Waals surface area contributed by atoms with Gasteiger partial charge in [0.2, 0.25) is 10.0 Å². The quantitative estimate of drug-likeness (QED) is 0.585. The lowest BCUT2D eigenvalue weighted by Gasteiger charge is -2.13. The second kappa shape index (κ2) is 7.23. The molecule has 100 valence electrons. The number of carbonyl (C=O) groups is 2. The molecule has 17 heavy (non-hydrogen) atoms. The average molecular weight is 267 g/mol. The van der Waals surface area contributed by atoms with Gasteiger partial charge < -0.3 is 9.84 Å². The summed E-state index contributed by atoms with van der Waals surface area (Å²) in [6, 6.07) is -1.20. The molecule has 0 heterocycles. The zero-order valence-electron chi connectivity index (χ0n) is 9.80. The Kier molecular flexibility index (Phi) is 6.74. The molecule has 1 atom stereocenters. The number of hydrogen-bond acceptors (Lipinski definition) is 5. The molecule has 0 spiro atoms. The van der Waals surface area contributed by atoms with Crippen molar-refractivity contribution in [2.24, 2.45) is 0 Å². The SMILES string of the molecule is CCCC[C@H](NS(=O)(=O)CC(=O)OC)C(=O)O. The number of carbonyl (C=O) groups excluding carboxylic acids is 1. The Morgan fingerprint density at radius 1 is 1.41 bits per heavy atom. The molecular formula is C9H17NO6S. The maximum atomic E-state index is 11.4. The van der Waals surface area contributed by atoms with Crippen molar-refractivity contribution in [3.05, 3.63) is 0 Å². The van der Waals surface area contributed by atoms with Gasteiger partial charge in [-0.3, -0.25) is 9.59 Å². The van der Waals surface area contributed by atoms with Crippen molar-refractivity contribution in [2.75, 3.05) is 12.9 Å². The molecule has 0 aliphatic carbocycles. The summed E-state index contributed by atoms with van der Waals surface area (Å²) in [4.78, 5) is 21.6. The minimum atomic E-state index is -3.97. The Labute approximate surface area is 100 Å². The van der Waals surface area contributed by atoms with Crippen LogP contribution in [0, 0.1) is 0 Å². The molecule has 0 aliphatic heterocycles. The number of methoxy groups -OCH3 is 1. The minimum Gasteiger partial charge on any atom is -0.480 e. The van der Waals surface area contributed by atoms with E-state index in [-0.39, 0.29) is 6.42 Å². The summed E-state index contributed by atoms with van der Waals surface area (Å²) >= 11 is 0. The molecule has 0 aliphatic rings. The van der Waals surface area contributed by atoms with E-state index in [0.29, 0.717) is 6.42 Å². The highest BCUT2D eigenvalue weighted by Gasteiger charge is 2.25. The first kappa shape index (κ1) is 15.9. The van der Waals surface area contributed by atoms with Crippen molar-refractivity contribution >= 4 is 22.0 Å². The van der Waals surface area contributed by atoms with Crippen molar-refractivity contribution in [2.45, 2.75) is 32.2 Å². The van der Waals surface area contributed by atoms with Crippen LogP contribution in [0.15, 0.2) is 0 Å². The smallest absolute Gasteiger partial charge is 0.322 e. The summed E-state index contributed by atoms with van der Waals surface area (Å²) < 4.78 is 29.0. The molecular weight excluding hydrogens is 250 g/mol. The maximum Gasteiger partial charge on any atom is 0.322 e. The fourth-order valence-corrected chi connectivity index (χ4v) is 2.28. The second-order valence-electron chi connectivity index (χ2n) is 3.49. The third-order valence-corrected chi connectivity index (χ3v) is 3.26. The van der Waals surface area contributed by atoms with Gasteiger partial charge in [0.05, 0.1) is 7.11 Å². The van der Waals surface area contributed by atoms with E-state index in [1.54, 1.807) is 0 Å². The van der Waals surface area contributed by atoms with E-state index in [1.807, 2.05) is 11.6 Å². The first-order valence-corrected chi connectivity index (χ1v) is 6.77. The van der Waals surface area contributed by atoms with Gasteiger partial charge in [-0.1, -0.05) is 19.8 Å². The standard InChI is InChI=1S/C9H17NO6S/c1-3-4-5-7(9(12)13)10-17(14,15)6-8(11)16-2/h7,10H,3-6H2,1-2H3,(H,12,13)/t7-/m0/s1. The largest absolute Gasteiger partial charge is 0.480 e. The molecule has 0 rings (SSSR count). The molecule has 0 unspecified atom stereocenters. The highest BCUT2D eigenvalue weighted by atomic mass is 32.2. The Bertz CT molecular complexity index is 364. The zero-order valence-corrected chi connectivity index (χ0v) is 10.6. The number of rotatable bonds is 8. The van der Waals surface area contributed by atoms with Crippen LogP contribution in [0.2, 0.25) is 0 Å². The predicted molar refractivity (Wildman–Crippen MR) is 59.9 cm³/mol. The van der Waals surface area contributed by atoms with Crippen molar-refractivity contribution in [1.29, 1.82) is 0 Å². The molecule has 0 radical (unpaired) electrons. The topological polar surface area (TPSA) is 110 Å². The van der Waals surface area contributed by atoms with Crippen molar-refractivity contribution < 1.29 is 27.9 Å². The minimum absolute atomic E-state index is 0.187. The molecule has 0 saturated heterocycles. The Morgan fingerprint density at radius 3 is 2.41 bits per heavy atom. The summed E-state index contributed by atoms with van der Waals surface area (Å²) in [7, 11) is -2.91. The fourth-order valence-electron chi connectivity index (χ4n) is 1.11. The number of carboxylic acid groups (broad SMARTS) is 1. The van der Waals surface area contributed by atoms with E-state index < -0.39 is 33.8 Å². The molecule has 2 N–H and O–H groups in total. The van der Waals surface area contributed by atoms with Gasteiger partial charge in [-0.25, -0.2) is 13.1 Å². The number of hydrogen-bond donors (Lipinski definition) is 2. The van der Waals surface area contributed by atoms with Crippen molar-refractivity contribution in [3.8, 4) is 0 Å². The van der Waals surface area contributed by atoms with E-state index in [0.717, 1.165) is 13.5 Å². The van der Waals surface area contributed by atoms with Gasteiger partial charge in [0, 0.05) is 0 Å². The lowest BCUT2D eigenvalue weighted by molar-refractivity contribution is -0.140. The van der Waals surface area contributed by atoms with E-state index in [4.69, 9.17) is 5.11 Å². The van der Waals surface area contributed by atoms with Gasteiger partial charge in [0.25, 0.3) is 0 Å². The summed E-state index contributed by atoms with van der Waals surface area (Å²) in [5.41, 5.74) is 0. The average Bonchev–Trinajstić information content (AvgIpc) is 2.22. The van der Waals surface area contributed by atoms with Crippen LogP contribution in [-0.4, -0.2) is 44.4 Å². The lowest BCUT2D eigenvalue weighted by Crippen LogP contribution is -2.43. The highest BCUT2D eigenvalue weighted by Crippen LogP contribution is 2.03. The van der Waals surface area contributed by atoms with Gasteiger partial charge >= 0.3 is 11.9 Å². The summed E-state index contributed by atoms with van der Waals surface area (Å²) in [5, 5.41) is 8.81. The van der Waals surface area contributed by atoms with Crippen LogP contribution >= 0.6 is 0 Å². The number of carboxylic acids is 1. The molecule has 0 fully saturated rings. The van der Waals surface area contributed by atoms with Gasteiger partial charge in [0.15, 0.2) is 5.75 Å². The van der Waals surface area contributed by atoms with E-state index in [1.165, 1.54) is 0 Å². The van der Waals surface area contributed by atoms with Crippen molar-refractivity contribution in [3.63, 3.8) is 0 Å². The number of aliphatic carboxylic acids is 1. The first-order chi connectivity index (χ1) is 7.82. The van der Waals surface area contributed by atoms with Crippen LogP contribution in [0.3, 0.4) is 0 Å². The van der Waals surface area contributed by atoms with Gasteiger partial charge in [-0.05, 0) is 6.42 Å². The molecule has 7 nitrogen and oxygen atoms in total. The first-order valence-electron chi connectivity index (χ1n) is 5.12. The van der Waals surface area contributed by atoms with Crippen LogP contribution in [-0.2, 0) is 24.3 Å². The monoisotopic (exact) mass is 267 g/mol. The van der Waals surface area contributed by atoms with Crippen LogP contribution in [0.5, 0.6) is 0 Å². The number of ether oxygens (including phenoxy) is 1. The molecule has 0 aromatic heterocycles. The highest BCUT2D eigenvalue weighted by molar-refractivity contribution is 7.90. The third-order valence-electron chi connectivity index (χ3n) is 2.00. The maximum absolute atomic E-state index is 11.4. The van der Waals surface area contributed by atoms with Crippen LogP contribution < -0.4 is 4.72 Å². The summed E-state index contributed by atoms with van der Waals surface area (Å²) in [5.74, 6) is -3.07. The van der Waals surface area contributed by atoms with Crippen LogP contribution in [0.1, 0.15) is 26.2 Å². The zero-order chi connectivity index (χ0) is 13.5. The second-order valence-corrected chi connectivity index (χ2v) is 5.24. The lowest BCUT2D eigenvalue weighted by atomic mass is 10.1. The molecule has 0 saturated carbocycles. The molecule has 0 amide bonds. The fraction of sp³-hybridized carbons (Fsp3) is 0.778. The molecule has 0 aromatic rings. The summed E-state index contributed by atoms with van der Waals surface area (Å²) in [6.45, 7) is 1.86. The molecule has 0 bridgehead atoms. The number of nitrogens with one attached hydrogen (secondary N) is 1. The predicted octanol–water partition coefficient (Wildman–Crippen LogP) is -0.278. The van der Waals surface area contributed by atoms with Crippen LogP contribution in [0.25, 0.3) is 0 Å². The third kappa shape index (κ3) is 6.90. The van der Waals surface area contributed by atoms with Gasteiger partial charge in [-0.2, -0.15) is 0 Å². The van der Waals surface area contributed by atoms with Gasteiger partial charge in [0.1, 0.15) is 6.04 Å². The summed E-state index contributed by atoms with van der Waals surface area (Å²) in [6.07, 6.45) is 1.52. The number of esters is 1.